The number of rotatable bonds is 4. The summed E-state index contributed by atoms with van der Waals surface area (Å²) < 4.78 is 13.1. The molecule has 1 aromatic carbocycles. The van der Waals surface area contributed by atoms with E-state index in [1.165, 1.54) is 12.7 Å². The number of fused-ring (bicyclic) bond motifs is 3. The monoisotopic (exact) mass is 383 g/mol. The average molecular weight is 383 g/mol. The highest BCUT2D eigenvalue weighted by molar-refractivity contribution is 6.06. The molecule has 3 aromatic rings. The van der Waals surface area contributed by atoms with Crippen LogP contribution < -0.4 is 5.32 Å². The average Bonchev–Trinajstić information content (AvgIpc) is 3.39. The van der Waals surface area contributed by atoms with E-state index in [1.807, 2.05) is 6.07 Å². The molecular weight excluding hydrogens is 366 g/mol. The number of imidazole rings is 1. The molecule has 10 nitrogen and oxygen atoms in total. The van der Waals surface area contributed by atoms with E-state index in [0.717, 1.165) is 0 Å². The first-order valence-electron chi connectivity index (χ1n) is 8.75. The fraction of sp³-hybridized carbons (Fsp3) is 0.333. The van der Waals surface area contributed by atoms with Gasteiger partial charge in [-0.2, -0.15) is 0 Å². The number of aromatic nitrogens is 4. The number of aliphatic hydroxyl groups is 2. The highest BCUT2D eigenvalue weighted by Gasteiger charge is 2.61. The second-order valence-electron chi connectivity index (χ2n) is 6.82. The van der Waals surface area contributed by atoms with Crippen molar-refractivity contribution in [1.29, 1.82) is 0 Å². The molecule has 2 aliphatic heterocycles. The number of nitrogens with one attached hydrogen (secondary N) is 1. The first-order valence-corrected chi connectivity index (χ1v) is 8.75. The number of anilines is 1. The molecule has 0 spiro atoms. The Kier molecular flexibility index (Phi) is 3.88. The number of benzene rings is 1. The SMILES string of the molecule is O=C(Nc1ncnc2c1ncn2C1O[C@]2(CO)COC1C2O)c1ccccc1. The molecule has 2 aromatic heterocycles. The standard InChI is InChI=1S/C18H17N5O5/c24-6-18-7-27-12(13(18)25)17(28-18)23-9-21-11-14(19-8-20-15(11)23)22-16(26)10-4-2-1-3-5-10/h1-5,8-9,12-13,17,24-25H,6-7H2,(H,19,20,22,26)/t12?,13?,17?,18-/m1/s1. The minimum absolute atomic E-state index is 0.117. The van der Waals surface area contributed by atoms with Crippen LogP contribution >= 0.6 is 0 Å². The van der Waals surface area contributed by atoms with Gasteiger partial charge >= 0.3 is 0 Å². The van der Waals surface area contributed by atoms with E-state index in [-0.39, 0.29) is 24.9 Å². The van der Waals surface area contributed by atoms with Crippen molar-refractivity contribution < 1.29 is 24.5 Å². The zero-order valence-corrected chi connectivity index (χ0v) is 14.6. The van der Waals surface area contributed by atoms with Crippen molar-refractivity contribution in [3.8, 4) is 0 Å². The minimum Gasteiger partial charge on any atom is -0.393 e. The topological polar surface area (TPSA) is 132 Å². The Bertz CT molecular complexity index is 1040. The second kappa shape index (κ2) is 6.31. The van der Waals surface area contributed by atoms with E-state index in [9.17, 15) is 15.0 Å². The number of nitrogens with zero attached hydrogens (tertiary/aromatic N) is 4. The highest BCUT2D eigenvalue weighted by Crippen LogP contribution is 2.45. The molecular formula is C18H17N5O5. The van der Waals surface area contributed by atoms with Gasteiger partial charge in [-0.25, -0.2) is 15.0 Å². The van der Waals surface area contributed by atoms with Gasteiger partial charge in [0.2, 0.25) is 0 Å². The van der Waals surface area contributed by atoms with Crippen LogP contribution in [0.1, 0.15) is 16.6 Å². The molecule has 10 heteroatoms. The maximum absolute atomic E-state index is 12.4. The summed E-state index contributed by atoms with van der Waals surface area (Å²) in [6.07, 6.45) is 0.492. The zero-order chi connectivity index (χ0) is 19.3. The number of carbonyl (C=O) groups is 1. The lowest BCUT2D eigenvalue weighted by Gasteiger charge is -2.29. The van der Waals surface area contributed by atoms with Crippen molar-refractivity contribution >= 4 is 22.9 Å². The van der Waals surface area contributed by atoms with Crippen molar-refractivity contribution in [3.05, 3.63) is 48.5 Å². The summed E-state index contributed by atoms with van der Waals surface area (Å²) in [6, 6.07) is 8.76. The Morgan fingerprint density at radius 2 is 2.11 bits per heavy atom. The van der Waals surface area contributed by atoms with Crippen LogP contribution in [0, 0.1) is 0 Å². The van der Waals surface area contributed by atoms with Gasteiger partial charge in [-0.3, -0.25) is 9.36 Å². The number of aliphatic hydroxyl groups excluding tert-OH is 2. The predicted octanol–water partition coefficient (Wildman–Crippen LogP) is 0.0982. The molecule has 144 valence electrons. The van der Waals surface area contributed by atoms with E-state index in [2.05, 4.69) is 20.3 Å². The fourth-order valence-electron chi connectivity index (χ4n) is 3.65. The summed E-state index contributed by atoms with van der Waals surface area (Å²) in [5.41, 5.74) is 0.139. The zero-order valence-electron chi connectivity index (χ0n) is 14.6. The summed E-state index contributed by atoms with van der Waals surface area (Å²) in [4.78, 5) is 25.1. The van der Waals surface area contributed by atoms with Crippen LogP contribution in [0.3, 0.4) is 0 Å². The van der Waals surface area contributed by atoms with Crippen LogP contribution in [0.25, 0.3) is 11.2 Å². The number of ether oxygens (including phenoxy) is 2. The summed E-state index contributed by atoms with van der Waals surface area (Å²) in [5.74, 6) is -0.0524. The minimum atomic E-state index is -1.15. The Hall–Kier alpha value is -2.92. The van der Waals surface area contributed by atoms with Gasteiger partial charge in [-0.15, -0.1) is 0 Å². The molecule has 5 rings (SSSR count). The van der Waals surface area contributed by atoms with Gasteiger partial charge in [0, 0.05) is 5.56 Å². The van der Waals surface area contributed by atoms with Crippen LogP contribution in [-0.4, -0.2) is 66.7 Å². The van der Waals surface area contributed by atoms with Crippen molar-refractivity contribution in [2.45, 2.75) is 24.0 Å². The lowest BCUT2D eigenvalue weighted by molar-refractivity contribution is -0.185. The van der Waals surface area contributed by atoms with Crippen molar-refractivity contribution in [1.82, 2.24) is 19.5 Å². The first kappa shape index (κ1) is 17.2. The largest absolute Gasteiger partial charge is 0.393 e. The maximum atomic E-state index is 12.4. The van der Waals surface area contributed by atoms with Gasteiger partial charge in [-0.1, -0.05) is 18.2 Å². The normalized spacial score (nSPS) is 28.7. The lowest BCUT2D eigenvalue weighted by atomic mass is 10.0. The van der Waals surface area contributed by atoms with E-state index < -0.39 is 24.0 Å². The number of carbonyl (C=O) groups excluding carboxylic acids is 1. The van der Waals surface area contributed by atoms with Gasteiger partial charge in [0.1, 0.15) is 24.1 Å². The van der Waals surface area contributed by atoms with Crippen molar-refractivity contribution in [2.75, 3.05) is 18.5 Å². The third-order valence-corrected chi connectivity index (χ3v) is 5.18. The maximum Gasteiger partial charge on any atom is 0.256 e. The van der Waals surface area contributed by atoms with Crippen LogP contribution in [0.2, 0.25) is 0 Å². The summed E-state index contributed by atoms with van der Waals surface area (Å²) >= 11 is 0. The van der Waals surface area contributed by atoms with Crippen LogP contribution in [-0.2, 0) is 9.47 Å². The number of amides is 1. The fourth-order valence-corrected chi connectivity index (χ4v) is 3.65. The smallest absolute Gasteiger partial charge is 0.256 e. The van der Waals surface area contributed by atoms with Gasteiger partial charge < -0.3 is 25.0 Å². The molecule has 1 amide bonds. The summed E-state index contributed by atoms with van der Waals surface area (Å²) in [7, 11) is 0. The molecule has 2 bridgehead atoms. The Labute approximate surface area is 158 Å². The van der Waals surface area contributed by atoms with Crippen LogP contribution in [0.5, 0.6) is 0 Å². The molecule has 4 heterocycles. The molecule has 2 fully saturated rings. The molecule has 0 radical (unpaired) electrons. The third kappa shape index (κ3) is 2.43. The quantitative estimate of drug-likeness (QED) is 0.578. The predicted molar refractivity (Wildman–Crippen MR) is 95.4 cm³/mol. The van der Waals surface area contributed by atoms with Crippen LogP contribution in [0.15, 0.2) is 43.0 Å². The first-order chi connectivity index (χ1) is 13.6. The number of hydrogen-bond acceptors (Lipinski definition) is 8. The molecule has 2 saturated heterocycles. The molecule has 3 N–H and O–H groups in total. The van der Waals surface area contributed by atoms with Gasteiger partial charge in [0.25, 0.3) is 5.91 Å². The Balaban J connectivity index is 1.48. The Morgan fingerprint density at radius 3 is 2.86 bits per heavy atom. The van der Waals surface area contributed by atoms with E-state index in [4.69, 9.17) is 9.47 Å². The van der Waals surface area contributed by atoms with Gasteiger partial charge in [0.05, 0.1) is 19.5 Å². The highest BCUT2D eigenvalue weighted by atomic mass is 16.7. The van der Waals surface area contributed by atoms with Crippen molar-refractivity contribution in [2.24, 2.45) is 0 Å². The third-order valence-electron chi connectivity index (χ3n) is 5.18. The second-order valence-corrected chi connectivity index (χ2v) is 6.82. The molecule has 4 atom stereocenters. The van der Waals surface area contributed by atoms with E-state index >= 15 is 0 Å². The number of hydrogen-bond donors (Lipinski definition) is 3. The van der Waals surface area contributed by atoms with Gasteiger partial charge in [-0.05, 0) is 12.1 Å². The molecule has 0 aliphatic carbocycles. The van der Waals surface area contributed by atoms with E-state index in [1.54, 1.807) is 28.8 Å². The van der Waals surface area contributed by atoms with Crippen LogP contribution in [0.4, 0.5) is 5.82 Å². The van der Waals surface area contributed by atoms with Crippen molar-refractivity contribution in [3.63, 3.8) is 0 Å². The van der Waals surface area contributed by atoms with E-state index in [0.29, 0.717) is 16.7 Å². The summed E-state index contributed by atoms with van der Waals surface area (Å²) in [5, 5.41) is 22.8. The molecule has 2 aliphatic rings. The van der Waals surface area contributed by atoms with Gasteiger partial charge in [0.15, 0.2) is 23.2 Å². The molecule has 0 saturated carbocycles. The molecule has 28 heavy (non-hydrogen) atoms. The Morgan fingerprint density at radius 1 is 1.29 bits per heavy atom. The molecule has 3 unspecified atom stereocenters. The lowest BCUT2D eigenvalue weighted by Crippen LogP contribution is -2.44. The summed E-state index contributed by atoms with van der Waals surface area (Å²) in [6.45, 7) is -0.243.